The Labute approximate surface area is 164 Å². The SMILES string of the molecule is CN=C(NCC(c1cccs1)N(C)C)N1CCN(c2cnn(C)c2)C(=O)C1. The Bertz CT molecular complexity index is 783. The van der Waals surface area contributed by atoms with Gasteiger partial charge in [-0.1, -0.05) is 6.07 Å². The molecule has 0 aromatic carbocycles. The zero-order chi connectivity index (χ0) is 19.4. The second kappa shape index (κ2) is 8.53. The quantitative estimate of drug-likeness (QED) is 0.611. The summed E-state index contributed by atoms with van der Waals surface area (Å²) < 4.78 is 1.71. The number of guanidine groups is 1. The van der Waals surface area contributed by atoms with E-state index in [2.05, 4.69) is 51.9 Å². The van der Waals surface area contributed by atoms with Gasteiger partial charge in [-0.2, -0.15) is 5.10 Å². The van der Waals surface area contributed by atoms with E-state index in [9.17, 15) is 4.79 Å². The fourth-order valence-corrected chi connectivity index (χ4v) is 4.14. The molecule has 0 aliphatic carbocycles. The third-order valence-corrected chi connectivity index (χ3v) is 5.66. The molecule has 1 saturated heterocycles. The van der Waals surface area contributed by atoms with E-state index >= 15 is 0 Å². The number of hydrogen-bond acceptors (Lipinski definition) is 5. The number of piperazine rings is 1. The molecule has 1 unspecified atom stereocenters. The van der Waals surface area contributed by atoms with Gasteiger partial charge in [-0.05, 0) is 25.5 Å². The van der Waals surface area contributed by atoms with Gasteiger partial charge < -0.3 is 20.0 Å². The number of likely N-dealkylation sites (N-methyl/N-ethyl adjacent to an activating group) is 1. The molecule has 9 heteroatoms. The molecule has 1 atom stereocenters. The topological polar surface area (TPSA) is 69.0 Å². The normalized spacial score (nSPS) is 16.9. The van der Waals surface area contributed by atoms with Crippen molar-refractivity contribution in [2.24, 2.45) is 12.0 Å². The number of rotatable bonds is 5. The number of thiophene rings is 1. The standard InChI is InChI=1S/C18H27N7OS/c1-19-18(20-11-15(22(2)3)16-6-5-9-27-16)24-7-8-25(17(26)13-24)14-10-21-23(4)12-14/h5-6,9-10,12,15H,7-8,11,13H2,1-4H3,(H,19,20). The smallest absolute Gasteiger partial charge is 0.246 e. The third-order valence-electron chi connectivity index (χ3n) is 4.68. The number of aliphatic imine (C=N–C) groups is 1. The molecule has 2 aromatic heterocycles. The van der Waals surface area contributed by atoms with Gasteiger partial charge in [0.1, 0.15) is 6.54 Å². The third kappa shape index (κ3) is 4.48. The lowest BCUT2D eigenvalue weighted by Crippen LogP contribution is -2.56. The molecule has 0 spiro atoms. The highest BCUT2D eigenvalue weighted by molar-refractivity contribution is 7.10. The number of aromatic nitrogens is 2. The number of carbonyl (C=O) groups is 1. The zero-order valence-corrected chi connectivity index (χ0v) is 17.1. The van der Waals surface area contributed by atoms with Crippen LogP contribution in [0.5, 0.6) is 0 Å². The van der Waals surface area contributed by atoms with Crippen LogP contribution in [0.4, 0.5) is 5.69 Å². The molecular weight excluding hydrogens is 362 g/mol. The molecule has 1 aliphatic rings. The van der Waals surface area contributed by atoms with Crippen LogP contribution in [0.2, 0.25) is 0 Å². The first-order valence-corrected chi connectivity index (χ1v) is 9.82. The molecular formula is C18H27N7OS. The molecule has 1 amide bonds. The maximum atomic E-state index is 12.6. The Morgan fingerprint density at radius 3 is 2.81 bits per heavy atom. The summed E-state index contributed by atoms with van der Waals surface area (Å²) in [5, 5.41) is 9.69. The lowest BCUT2D eigenvalue weighted by molar-refractivity contribution is -0.120. The lowest BCUT2D eigenvalue weighted by atomic mass is 10.2. The van der Waals surface area contributed by atoms with Crippen LogP contribution in [-0.4, -0.2) is 78.8 Å². The summed E-state index contributed by atoms with van der Waals surface area (Å²) in [6, 6.07) is 4.48. The van der Waals surface area contributed by atoms with E-state index in [1.54, 1.807) is 34.2 Å². The van der Waals surface area contributed by atoms with Gasteiger partial charge in [0.2, 0.25) is 5.91 Å². The van der Waals surface area contributed by atoms with Crippen molar-refractivity contribution in [2.75, 3.05) is 52.2 Å². The average Bonchev–Trinajstić information content (AvgIpc) is 3.30. The summed E-state index contributed by atoms with van der Waals surface area (Å²) >= 11 is 1.75. The minimum absolute atomic E-state index is 0.0552. The second-order valence-corrected chi connectivity index (χ2v) is 7.74. The van der Waals surface area contributed by atoms with Crippen molar-refractivity contribution >= 4 is 28.9 Å². The van der Waals surface area contributed by atoms with Gasteiger partial charge in [0.25, 0.3) is 0 Å². The lowest BCUT2D eigenvalue weighted by Gasteiger charge is -2.36. The highest BCUT2D eigenvalue weighted by Crippen LogP contribution is 2.22. The summed E-state index contributed by atoms with van der Waals surface area (Å²) in [6.45, 7) is 2.39. The molecule has 27 heavy (non-hydrogen) atoms. The van der Waals surface area contributed by atoms with Crippen LogP contribution in [0.25, 0.3) is 0 Å². The van der Waals surface area contributed by atoms with E-state index < -0.39 is 0 Å². The molecule has 8 nitrogen and oxygen atoms in total. The van der Waals surface area contributed by atoms with Crippen LogP contribution in [0.15, 0.2) is 34.9 Å². The fraction of sp³-hybridized carbons (Fsp3) is 0.500. The van der Waals surface area contributed by atoms with Crippen molar-refractivity contribution in [3.05, 3.63) is 34.8 Å². The first kappa shape index (κ1) is 19.4. The number of amides is 1. The maximum Gasteiger partial charge on any atom is 0.246 e. The maximum absolute atomic E-state index is 12.6. The summed E-state index contributed by atoms with van der Waals surface area (Å²) in [4.78, 5) is 24.3. The van der Waals surface area contributed by atoms with Crippen molar-refractivity contribution in [2.45, 2.75) is 6.04 Å². The van der Waals surface area contributed by atoms with Crippen molar-refractivity contribution < 1.29 is 4.79 Å². The van der Waals surface area contributed by atoms with E-state index in [1.165, 1.54) is 4.88 Å². The molecule has 1 aliphatic heterocycles. The highest BCUT2D eigenvalue weighted by atomic mass is 32.1. The molecule has 0 saturated carbocycles. The van der Waals surface area contributed by atoms with Gasteiger partial charge in [0, 0.05) is 44.8 Å². The summed E-state index contributed by atoms with van der Waals surface area (Å²) in [5.74, 6) is 0.817. The number of carbonyl (C=O) groups excluding carboxylic acids is 1. The van der Waals surface area contributed by atoms with Crippen LogP contribution >= 0.6 is 11.3 Å². The number of hydrogen-bond donors (Lipinski definition) is 1. The van der Waals surface area contributed by atoms with E-state index in [4.69, 9.17) is 0 Å². The predicted octanol–water partition coefficient (Wildman–Crippen LogP) is 1.01. The minimum atomic E-state index is 0.0552. The van der Waals surface area contributed by atoms with Gasteiger partial charge >= 0.3 is 0 Å². The van der Waals surface area contributed by atoms with Crippen molar-refractivity contribution in [1.82, 2.24) is 24.9 Å². The van der Waals surface area contributed by atoms with E-state index in [0.29, 0.717) is 13.1 Å². The summed E-state index contributed by atoms with van der Waals surface area (Å²) in [5.41, 5.74) is 0.843. The van der Waals surface area contributed by atoms with Gasteiger partial charge in [-0.15, -0.1) is 11.3 Å². The van der Waals surface area contributed by atoms with Crippen molar-refractivity contribution in [1.29, 1.82) is 0 Å². The Hall–Kier alpha value is -2.39. The molecule has 0 radical (unpaired) electrons. The van der Waals surface area contributed by atoms with E-state index in [-0.39, 0.29) is 11.9 Å². The monoisotopic (exact) mass is 389 g/mol. The number of nitrogens with zero attached hydrogens (tertiary/aromatic N) is 6. The van der Waals surface area contributed by atoms with E-state index in [1.807, 2.05) is 18.1 Å². The molecule has 3 rings (SSSR count). The van der Waals surface area contributed by atoms with Crippen LogP contribution in [0.1, 0.15) is 10.9 Å². The fourth-order valence-electron chi connectivity index (χ4n) is 3.21. The molecule has 1 N–H and O–H groups in total. The zero-order valence-electron chi connectivity index (χ0n) is 16.3. The Morgan fingerprint density at radius 2 is 2.26 bits per heavy atom. The van der Waals surface area contributed by atoms with Gasteiger partial charge in [-0.3, -0.25) is 14.5 Å². The molecule has 3 heterocycles. The molecule has 2 aromatic rings. The second-order valence-electron chi connectivity index (χ2n) is 6.76. The van der Waals surface area contributed by atoms with Crippen LogP contribution < -0.4 is 10.2 Å². The van der Waals surface area contributed by atoms with Crippen LogP contribution in [0, 0.1) is 0 Å². The first-order chi connectivity index (χ1) is 13.0. The van der Waals surface area contributed by atoms with Crippen molar-refractivity contribution in [3.8, 4) is 0 Å². The molecule has 0 bridgehead atoms. The van der Waals surface area contributed by atoms with Gasteiger partial charge in [0.05, 0.1) is 17.9 Å². The molecule has 146 valence electrons. The predicted molar refractivity (Wildman–Crippen MR) is 109 cm³/mol. The average molecular weight is 390 g/mol. The van der Waals surface area contributed by atoms with Gasteiger partial charge in [0.15, 0.2) is 5.96 Å². The highest BCUT2D eigenvalue weighted by Gasteiger charge is 2.28. The minimum Gasteiger partial charge on any atom is -0.354 e. The number of anilines is 1. The Kier molecular flexibility index (Phi) is 6.12. The number of aryl methyl sites for hydroxylation is 1. The Morgan fingerprint density at radius 1 is 1.44 bits per heavy atom. The summed E-state index contributed by atoms with van der Waals surface area (Å²) in [7, 11) is 7.76. The summed E-state index contributed by atoms with van der Waals surface area (Å²) in [6.07, 6.45) is 3.59. The van der Waals surface area contributed by atoms with Crippen LogP contribution in [0.3, 0.4) is 0 Å². The first-order valence-electron chi connectivity index (χ1n) is 8.94. The van der Waals surface area contributed by atoms with Crippen LogP contribution in [-0.2, 0) is 11.8 Å². The van der Waals surface area contributed by atoms with E-state index in [0.717, 1.165) is 24.7 Å². The Balaban J connectivity index is 1.61. The molecule has 1 fully saturated rings. The van der Waals surface area contributed by atoms with Gasteiger partial charge in [-0.25, -0.2) is 0 Å². The largest absolute Gasteiger partial charge is 0.354 e. The number of nitrogens with one attached hydrogen (secondary N) is 1. The van der Waals surface area contributed by atoms with Crippen molar-refractivity contribution in [3.63, 3.8) is 0 Å².